The molecule has 0 radical (unpaired) electrons. The number of ether oxygens (including phenoxy) is 3. The highest BCUT2D eigenvalue weighted by Gasteiger charge is 2.36. The van der Waals surface area contributed by atoms with E-state index in [0.717, 1.165) is 0 Å². The van der Waals surface area contributed by atoms with Crippen LogP contribution < -0.4 is 5.32 Å². The molecule has 0 saturated carbocycles. The van der Waals surface area contributed by atoms with Crippen molar-refractivity contribution in [3.63, 3.8) is 0 Å². The zero-order chi connectivity index (χ0) is 13.1. The van der Waals surface area contributed by atoms with Crippen molar-refractivity contribution < 1.29 is 23.8 Å². The van der Waals surface area contributed by atoms with Gasteiger partial charge in [0.2, 0.25) is 0 Å². The van der Waals surface area contributed by atoms with Crippen molar-refractivity contribution >= 4 is 12.1 Å². The van der Waals surface area contributed by atoms with Gasteiger partial charge in [-0.1, -0.05) is 0 Å². The van der Waals surface area contributed by atoms with Crippen LogP contribution in [-0.2, 0) is 19.0 Å². The van der Waals surface area contributed by atoms with E-state index in [0.29, 0.717) is 6.61 Å². The van der Waals surface area contributed by atoms with Crippen molar-refractivity contribution in [1.29, 1.82) is 0 Å². The van der Waals surface area contributed by atoms with Crippen molar-refractivity contribution in [2.24, 2.45) is 5.92 Å². The summed E-state index contributed by atoms with van der Waals surface area (Å²) in [5, 5.41) is 2.61. The third-order valence-corrected chi connectivity index (χ3v) is 2.29. The number of esters is 1. The summed E-state index contributed by atoms with van der Waals surface area (Å²) in [7, 11) is 1.31. The van der Waals surface area contributed by atoms with Gasteiger partial charge in [-0.15, -0.1) is 0 Å². The van der Waals surface area contributed by atoms with Crippen LogP contribution in [0.1, 0.15) is 20.8 Å². The Morgan fingerprint density at radius 3 is 2.47 bits per heavy atom. The highest BCUT2D eigenvalue weighted by atomic mass is 16.6. The summed E-state index contributed by atoms with van der Waals surface area (Å²) in [6.07, 6.45) is -0.554. The lowest BCUT2D eigenvalue weighted by Crippen LogP contribution is -2.45. The monoisotopic (exact) mass is 245 g/mol. The Bertz CT molecular complexity index is 297. The lowest BCUT2D eigenvalue weighted by Gasteiger charge is -2.22. The molecule has 0 spiro atoms. The normalized spacial score (nSPS) is 24.2. The highest BCUT2D eigenvalue weighted by Crippen LogP contribution is 2.16. The molecule has 2 atom stereocenters. The maximum atomic E-state index is 11.5. The molecule has 0 unspecified atom stereocenters. The van der Waals surface area contributed by atoms with Gasteiger partial charge in [0, 0.05) is 0 Å². The van der Waals surface area contributed by atoms with E-state index < -0.39 is 23.7 Å². The molecule has 0 aromatic heterocycles. The molecule has 0 aromatic rings. The summed E-state index contributed by atoms with van der Waals surface area (Å²) in [5.74, 6) is -0.851. The number of amides is 1. The van der Waals surface area contributed by atoms with Gasteiger partial charge in [0.15, 0.2) is 0 Å². The van der Waals surface area contributed by atoms with Gasteiger partial charge < -0.3 is 19.5 Å². The van der Waals surface area contributed by atoms with Crippen LogP contribution in [0.15, 0.2) is 0 Å². The fraction of sp³-hybridized carbons (Fsp3) is 0.818. The molecule has 1 rings (SSSR count). The molecule has 6 heteroatoms. The van der Waals surface area contributed by atoms with E-state index in [1.807, 2.05) is 0 Å². The van der Waals surface area contributed by atoms with Crippen LogP contribution in [0.4, 0.5) is 4.79 Å². The lowest BCUT2D eigenvalue weighted by atomic mass is 10.0. The lowest BCUT2D eigenvalue weighted by molar-refractivity contribution is -0.145. The van der Waals surface area contributed by atoms with Crippen molar-refractivity contribution in [1.82, 2.24) is 5.32 Å². The quantitative estimate of drug-likeness (QED) is 0.725. The van der Waals surface area contributed by atoms with Crippen LogP contribution in [0.3, 0.4) is 0 Å². The van der Waals surface area contributed by atoms with Crippen LogP contribution in [0.5, 0.6) is 0 Å². The molecule has 1 amide bonds. The van der Waals surface area contributed by atoms with Gasteiger partial charge >= 0.3 is 12.1 Å². The summed E-state index contributed by atoms with van der Waals surface area (Å²) in [4.78, 5) is 22.9. The van der Waals surface area contributed by atoms with Crippen LogP contribution >= 0.6 is 0 Å². The van der Waals surface area contributed by atoms with Crippen molar-refractivity contribution in [2.75, 3.05) is 20.3 Å². The molecule has 1 N–H and O–H groups in total. The standard InChI is InChI=1S/C11H19NO5/c1-11(2,3)17-10(14)12-8-6-16-5-7(8)9(13)15-4/h7-8H,5-6H2,1-4H3,(H,12,14)/t7-,8+/m1/s1. The molecule has 1 heterocycles. The number of alkyl carbamates (subject to hydrolysis) is 1. The number of nitrogens with one attached hydrogen (secondary N) is 1. The molecule has 1 aliphatic heterocycles. The molecule has 98 valence electrons. The van der Waals surface area contributed by atoms with Crippen LogP contribution in [-0.4, -0.2) is 44.0 Å². The van der Waals surface area contributed by atoms with Crippen molar-refractivity contribution in [3.8, 4) is 0 Å². The van der Waals surface area contributed by atoms with E-state index >= 15 is 0 Å². The maximum absolute atomic E-state index is 11.5. The molecular weight excluding hydrogens is 226 g/mol. The predicted molar refractivity (Wildman–Crippen MR) is 59.5 cm³/mol. The Morgan fingerprint density at radius 1 is 1.29 bits per heavy atom. The third-order valence-electron chi connectivity index (χ3n) is 2.29. The average molecular weight is 245 g/mol. The Morgan fingerprint density at radius 2 is 1.94 bits per heavy atom. The number of hydrogen-bond donors (Lipinski definition) is 1. The summed E-state index contributed by atoms with van der Waals surface area (Å²) in [6, 6.07) is -0.391. The minimum absolute atomic E-state index is 0.257. The van der Waals surface area contributed by atoms with E-state index in [1.165, 1.54) is 7.11 Å². The Balaban J connectivity index is 2.50. The first-order valence-corrected chi connectivity index (χ1v) is 5.48. The van der Waals surface area contributed by atoms with Crippen molar-refractivity contribution in [3.05, 3.63) is 0 Å². The summed E-state index contributed by atoms with van der Waals surface area (Å²) in [6.45, 7) is 5.87. The Kier molecular flexibility index (Phi) is 4.34. The molecule has 0 aromatic carbocycles. The first-order valence-electron chi connectivity index (χ1n) is 5.48. The minimum Gasteiger partial charge on any atom is -0.469 e. The largest absolute Gasteiger partial charge is 0.469 e. The van der Waals surface area contributed by atoms with Crippen LogP contribution in [0.2, 0.25) is 0 Å². The zero-order valence-corrected chi connectivity index (χ0v) is 10.6. The second kappa shape index (κ2) is 5.35. The Labute approximate surface area is 101 Å². The predicted octanol–water partition coefficient (Wildman–Crippen LogP) is 0.699. The highest BCUT2D eigenvalue weighted by molar-refractivity contribution is 5.75. The van der Waals surface area contributed by atoms with Gasteiger partial charge in [-0.2, -0.15) is 0 Å². The molecule has 1 saturated heterocycles. The average Bonchev–Trinajstić information content (AvgIpc) is 2.61. The second-order valence-electron chi connectivity index (χ2n) is 4.92. The van der Waals surface area contributed by atoms with Gasteiger partial charge in [-0.05, 0) is 20.8 Å². The van der Waals surface area contributed by atoms with Gasteiger partial charge in [0.1, 0.15) is 11.5 Å². The fourth-order valence-electron chi connectivity index (χ4n) is 1.54. The third kappa shape index (κ3) is 4.22. The zero-order valence-electron chi connectivity index (χ0n) is 10.6. The molecule has 1 aliphatic rings. The number of rotatable bonds is 2. The number of carbonyl (C=O) groups is 2. The molecular formula is C11H19NO5. The van der Waals surface area contributed by atoms with Crippen LogP contribution in [0, 0.1) is 5.92 Å². The van der Waals surface area contributed by atoms with Crippen LogP contribution in [0.25, 0.3) is 0 Å². The first-order chi connectivity index (χ1) is 7.83. The first kappa shape index (κ1) is 13.8. The summed E-state index contributed by atoms with van der Waals surface area (Å²) < 4.78 is 14.9. The van der Waals surface area contributed by atoms with Gasteiger partial charge in [-0.3, -0.25) is 4.79 Å². The number of hydrogen-bond acceptors (Lipinski definition) is 5. The molecule has 17 heavy (non-hydrogen) atoms. The second-order valence-corrected chi connectivity index (χ2v) is 4.92. The minimum atomic E-state index is -0.565. The topological polar surface area (TPSA) is 73.9 Å². The van der Waals surface area contributed by atoms with Gasteiger partial charge in [-0.25, -0.2) is 4.79 Å². The maximum Gasteiger partial charge on any atom is 0.407 e. The number of carbonyl (C=O) groups excluding carboxylic acids is 2. The molecule has 0 aliphatic carbocycles. The molecule has 6 nitrogen and oxygen atoms in total. The fourth-order valence-corrected chi connectivity index (χ4v) is 1.54. The summed E-state index contributed by atoms with van der Waals surface area (Å²) in [5.41, 5.74) is -0.565. The molecule has 0 bridgehead atoms. The van der Waals surface area contributed by atoms with E-state index in [9.17, 15) is 9.59 Å². The molecule has 1 fully saturated rings. The van der Waals surface area contributed by atoms with Crippen molar-refractivity contribution in [2.45, 2.75) is 32.4 Å². The van der Waals surface area contributed by atoms with Gasteiger partial charge in [0.25, 0.3) is 0 Å². The van der Waals surface area contributed by atoms with Gasteiger partial charge in [0.05, 0.1) is 26.4 Å². The smallest absolute Gasteiger partial charge is 0.407 e. The SMILES string of the molecule is COC(=O)[C@@H]1COC[C@@H]1NC(=O)OC(C)(C)C. The Hall–Kier alpha value is -1.30. The van der Waals surface area contributed by atoms with E-state index in [2.05, 4.69) is 10.1 Å². The summed E-state index contributed by atoms with van der Waals surface area (Å²) >= 11 is 0. The van der Waals surface area contributed by atoms with E-state index in [-0.39, 0.29) is 12.6 Å². The van der Waals surface area contributed by atoms with E-state index in [4.69, 9.17) is 9.47 Å². The van der Waals surface area contributed by atoms with E-state index in [1.54, 1.807) is 20.8 Å². The number of methoxy groups -OCH3 is 1.